The number of carbonyl (C=O) groups excluding carboxylic acids is 2. The molecule has 42 heavy (non-hydrogen) atoms. The van der Waals surface area contributed by atoms with Crippen molar-refractivity contribution in [1.82, 2.24) is 10.2 Å². The standard InChI is InChI=1S/C29H33FN4O7S/c1-19(2)31-29(36)21(4)32(17-22-8-6-7-9-26(22)30)28(35)18-33(23-11-13-24(41-5)14-12-23)42(39,40)25-15-10-20(3)27(16-25)34(37)38/h6-16,19,21H,17-18H2,1-5H3,(H,31,36). The van der Waals surface area contributed by atoms with Gasteiger partial charge < -0.3 is 15.0 Å². The quantitative estimate of drug-likeness (QED) is 0.243. The van der Waals surface area contributed by atoms with Crippen LogP contribution in [0.1, 0.15) is 31.9 Å². The topological polar surface area (TPSA) is 139 Å². The molecular formula is C29H33FN4O7S. The van der Waals surface area contributed by atoms with Crippen molar-refractivity contribution in [3.05, 3.63) is 93.8 Å². The highest BCUT2D eigenvalue weighted by molar-refractivity contribution is 7.92. The lowest BCUT2D eigenvalue weighted by atomic mass is 10.1. The minimum absolute atomic E-state index is 0.0671. The van der Waals surface area contributed by atoms with Crippen LogP contribution in [-0.2, 0) is 26.2 Å². The molecule has 0 spiro atoms. The highest BCUT2D eigenvalue weighted by atomic mass is 32.2. The maximum atomic E-state index is 14.6. The molecule has 0 aliphatic carbocycles. The van der Waals surface area contributed by atoms with E-state index >= 15 is 0 Å². The molecule has 0 fully saturated rings. The summed E-state index contributed by atoms with van der Waals surface area (Å²) in [5.41, 5.74) is 0.0462. The monoisotopic (exact) mass is 600 g/mol. The van der Waals surface area contributed by atoms with Gasteiger partial charge in [0.05, 0.1) is 22.6 Å². The van der Waals surface area contributed by atoms with Crippen LogP contribution in [0.15, 0.2) is 71.6 Å². The molecule has 0 saturated heterocycles. The van der Waals surface area contributed by atoms with E-state index in [-0.39, 0.29) is 29.4 Å². The van der Waals surface area contributed by atoms with Crippen molar-refractivity contribution in [2.45, 2.75) is 51.2 Å². The Morgan fingerprint density at radius 3 is 2.26 bits per heavy atom. The second kappa shape index (κ2) is 13.4. The number of hydrogen-bond donors (Lipinski definition) is 1. The maximum Gasteiger partial charge on any atom is 0.273 e. The van der Waals surface area contributed by atoms with Crippen LogP contribution < -0.4 is 14.4 Å². The summed E-state index contributed by atoms with van der Waals surface area (Å²) in [6.07, 6.45) is 0. The maximum absolute atomic E-state index is 14.6. The second-order valence-electron chi connectivity index (χ2n) is 9.87. The number of nitrogens with zero attached hydrogens (tertiary/aromatic N) is 3. The number of nitrogens with one attached hydrogen (secondary N) is 1. The SMILES string of the molecule is COc1ccc(N(CC(=O)N(Cc2ccccc2F)C(C)C(=O)NC(C)C)S(=O)(=O)c2ccc(C)c([N+](=O)[O-])c2)cc1. The largest absolute Gasteiger partial charge is 0.497 e. The molecule has 0 heterocycles. The van der Waals surface area contributed by atoms with E-state index in [2.05, 4.69) is 5.32 Å². The Kier molecular flexibility index (Phi) is 10.2. The number of sulfonamides is 1. The predicted octanol–water partition coefficient (Wildman–Crippen LogP) is 4.19. The zero-order chi connectivity index (χ0) is 31.2. The molecular weight excluding hydrogens is 567 g/mol. The van der Waals surface area contributed by atoms with Gasteiger partial charge in [-0.3, -0.25) is 24.0 Å². The van der Waals surface area contributed by atoms with Gasteiger partial charge in [0.2, 0.25) is 11.8 Å². The zero-order valence-corrected chi connectivity index (χ0v) is 24.7. The fourth-order valence-corrected chi connectivity index (χ4v) is 5.58. The first-order valence-corrected chi connectivity index (χ1v) is 14.4. The number of carbonyl (C=O) groups is 2. The molecule has 3 rings (SSSR count). The number of nitro benzene ring substituents is 1. The molecule has 2 amide bonds. The number of rotatable bonds is 12. The molecule has 11 nitrogen and oxygen atoms in total. The molecule has 0 radical (unpaired) electrons. The molecule has 0 aliphatic heterocycles. The van der Waals surface area contributed by atoms with E-state index in [0.717, 1.165) is 15.3 Å². The van der Waals surface area contributed by atoms with Gasteiger partial charge in [-0.2, -0.15) is 0 Å². The molecule has 224 valence electrons. The molecule has 0 aromatic heterocycles. The van der Waals surface area contributed by atoms with Gasteiger partial charge >= 0.3 is 0 Å². The average molecular weight is 601 g/mol. The number of methoxy groups -OCH3 is 1. The fourth-order valence-electron chi connectivity index (χ4n) is 4.15. The van der Waals surface area contributed by atoms with Crippen molar-refractivity contribution in [2.75, 3.05) is 18.0 Å². The number of ether oxygens (including phenoxy) is 1. The Hall–Kier alpha value is -4.52. The molecule has 3 aromatic rings. The molecule has 1 unspecified atom stereocenters. The van der Waals surface area contributed by atoms with Gasteiger partial charge in [-0.1, -0.05) is 24.3 Å². The van der Waals surface area contributed by atoms with Crippen LogP contribution in [0.25, 0.3) is 0 Å². The zero-order valence-electron chi connectivity index (χ0n) is 23.9. The lowest BCUT2D eigenvalue weighted by molar-refractivity contribution is -0.385. The summed E-state index contributed by atoms with van der Waals surface area (Å²) in [6.45, 7) is 5.32. The molecule has 13 heteroatoms. The summed E-state index contributed by atoms with van der Waals surface area (Å²) in [5, 5.41) is 14.3. The van der Waals surface area contributed by atoms with Crippen molar-refractivity contribution in [3.63, 3.8) is 0 Å². The van der Waals surface area contributed by atoms with E-state index in [0.29, 0.717) is 5.75 Å². The number of benzene rings is 3. The lowest BCUT2D eigenvalue weighted by Crippen LogP contribution is -2.52. The number of nitro groups is 1. The van der Waals surface area contributed by atoms with Crippen molar-refractivity contribution >= 4 is 33.2 Å². The average Bonchev–Trinajstić information content (AvgIpc) is 2.94. The summed E-state index contributed by atoms with van der Waals surface area (Å²) >= 11 is 0. The highest BCUT2D eigenvalue weighted by Crippen LogP contribution is 2.29. The van der Waals surface area contributed by atoms with Crippen molar-refractivity contribution < 1.29 is 32.1 Å². The summed E-state index contributed by atoms with van der Waals surface area (Å²) < 4.78 is 48.5. The van der Waals surface area contributed by atoms with E-state index in [1.54, 1.807) is 19.9 Å². The Balaban J connectivity index is 2.10. The van der Waals surface area contributed by atoms with Crippen molar-refractivity contribution in [3.8, 4) is 5.75 Å². The Bertz CT molecular complexity index is 1560. The predicted molar refractivity (Wildman–Crippen MR) is 155 cm³/mol. The summed E-state index contributed by atoms with van der Waals surface area (Å²) in [7, 11) is -3.12. The third-order valence-corrected chi connectivity index (χ3v) is 8.27. The van der Waals surface area contributed by atoms with Crippen LogP contribution in [0.3, 0.4) is 0 Å². The number of amides is 2. The van der Waals surface area contributed by atoms with E-state index in [4.69, 9.17) is 4.74 Å². The third-order valence-electron chi connectivity index (χ3n) is 6.50. The van der Waals surface area contributed by atoms with Crippen LogP contribution in [0.4, 0.5) is 15.8 Å². The highest BCUT2D eigenvalue weighted by Gasteiger charge is 2.34. The summed E-state index contributed by atoms with van der Waals surface area (Å²) in [4.78, 5) is 38.4. The fraction of sp³-hybridized carbons (Fsp3) is 0.310. The van der Waals surface area contributed by atoms with Crippen LogP contribution in [0.5, 0.6) is 5.75 Å². The second-order valence-corrected chi connectivity index (χ2v) is 11.7. The smallest absolute Gasteiger partial charge is 0.273 e. The molecule has 3 aromatic carbocycles. The van der Waals surface area contributed by atoms with Gasteiger partial charge in [0.15, 0.2) is 0 Å². The first-order chi connectivity index (χ1) is 19.8. The molecule has 0 aliphatic rings. The van der Waals surface area contributed by atoms with Gasteiger partial charge in [-0.05, 0) is 64.1 Å². The number of hydrogen-bond acceptors (Lipinski definition) is 7. The van der Waals surface area contributed by atoms with Gasteiger partial charge in [-0.25, -0.2) is 12.8 Å². The minimum Gasteiger partial charge on any atom is -0.497 e. The van der Waals surface area contributed by atoms with Crippen LogP contribution >= 0.6 is 0 Å². The van der Waals surface area contributed by atoms with Crippen LogP contribution in [0, 0.1) is 22.9 Å². The Morgan fingerprint density at radius 1 is 1.05 bits per heavy atom. The van der Waals surface area contributed by atoms with Crippen molar-refractivity contribution in [1.29, 1.82) is 0 Å². The van der Waals surface area contributed by atoms with Gasteiger partial charge in [0, 0.05) is 29.8 Å². The number of aryl methyl sites for hydroxylation is 1. The molecule has 1 N–H and O–H groups in total. The first kappa shape index (κ1) is 32.0. The Labute approximate surface area is 244 Å². The van der Waals surface area contributed by atoms with Gasteiger partial charge in [0.1, 0.15) is 24.2 Å². The van der Waals surface area contributed by atoms with E-state index < -0.39 is 55.7 Å². The molecule has 1 atom stereocenters. The molecule has 0 bridgehead atoms. The van der Waals surface area contributed by atoms with E-state index in [1.807, 2.05) is 0 Å². The summed E-state index contributed by atoms with van der Waals surface area (Å²) in [5.74, 6) is -1.49. The normalized spacial score (nSPS) is 12.0. The van der Waals surface area contributed by atoms with Gasteiger partial charge in [-0.15, -0.1) is 0 Å². The van der Waals surface area contributed by atoms with Crippen molar-refractivity contribution in [2.24, 2.45) is 0 Å². The van der Waals surface area contributed by atoms with E-state index in [1.165, 1.54) is 75.6 Å². The van der Waals surface area contributed by atoms with Gasteiger partial charge in [0.25, 0.3) is 15.7 Å². The summed E-state index contributed by atoms with van der Waals surface area (Å²) in [6, 6.07) is 13.7. The Morgan fingerprint density at radius 2 is 1.69 bits per heavy atom. The minimum atomic E-state index is -4.56. The third kappa shape index (κ3) is 7.40. The van der Waals surface area contributed by atoms with E-state index in [9.17, 15) is 32.5 Å². The number of halogens is 1. The number of anilines is 1. The van der Waals surface area contributed by atoms with Crippen LogP contribution in [0.2, 0.25) is 0 Å². The van der Waals surface area contributed by atoms with Crippen LogP contribution in [-0.4, -0.2) is 55.8 Å². The first-order valence-electron chi connectivity index (χ1n) is 13.0. The molecule has 0 saturated carbocycles. The lowest BCUT2D eigenvalue weighted by Gasteiger charge is -2.32.